The maximum atomic E-state index is 12.1. The fourth-order valence-corrected chi connectivity index (χ4v) is 2.07. The molecule has 0 aliphatic carbocycles. The van der Waals surface area contributed by atoms with Gasteiger partial charge in [0.05, 0.1) is 0 Å². The molecule has 0 aliphatic heterocycles. The van der Waals surface area contributed by atoms with Crippen LogP contribution in [0.25, 0.3) is 0 Å². The lowest BCUT2D eigenvalue weighted by Gasteiger charge is -2.34. The van der Waals surface area contributed by atoms with Crippen molar-refractivity contribution >= 4 is 12.0 Å². The summed E-state index contributed by atoms with van der Waals surface area (Å²) in [4.78, 5) is 26.9. The van der Waals surface area contributed by atoms with Crippen LogP contribution in [0.3, 0.4) is 0 Å². The number of carbonyl (C=O) groups is 2. The lowest BCUT2D eigenvalue weighted by atomic mass is 10.0. The van der Waals surface area contributed by atoms with Crippen molar-refractivity contribution < 1.29 is 14.7 Å². The number of carboxylic acid groups (broad SMARTS) is 1. The van der Waals surface area contributed by atoms with E-state index in [4.69, 9.17) is 0 Å². The third-order valence-electron chi connectivity index (χ3n) is 3.45. The zero-order valence-electron chi connectivity index (χ0n) is 13.4. The Kier molecular flexibility index (Phi) is 8.22. The molecule has 6 heteroatoms. The predicted molar refractivity (Wildman–Crippen MR) is 79.9 cm³/mol. The zero-order chi connectivity index (χ0) is 15.8. The molecule has 20 heavy (non-hydrogen) atoms. The van der Waals surface area contributed by atoms with Crippen LogP contribution in [0, 0.1) is 0 Å². The number of hydrogen-bond donors (Lipinski definition) is 2. The SMILES string of the molecule is CCCN(CC)CCNC(=O)N(CC)C(C)(C)C(=O)O. The van der Waals surface area contributed by atoms with E-state index in [2.05, 4.69) is 24.1 Å². The van der Waals surface area contributed by atoms with Crippen molar-refractivity contribution in [3.63, 3.8) is 0 Å². The van der Waals surface area contributed by atoms with Crippen LogP contribution in [-0.4, -0.2) is 65.2 Å². The third-order valence-corrected chi connectivity index (χ3v) is 3.45. The molecule has 0 fully saturated rings. The zero-order valence-corrected chi connectivity index (χ0v) is 13.4. The Morgan fingerprint density at radius 3 is 2.10 bits per heavy atom. The molecule has 0 radical (unpaired) electrons. The van der Waals surface area contributed by atoms with Crippen LogP contribution in [0.2, 0.25) is 0 Å². The number of hydrogen-bond acceptors (Lipinski definition) is 3. The van der Waals surface area contributed by atoms with E-state index < -0.39 is 11.5 Å². The van der Waals surface area contributed by atoms with Gasteiger partial charge in [0.15, 0.2) is 0 Å². The quantitative estimate of drug-likeness (QED) is 0.676. The summed E-state index contributed by atoms with van der Waals surface area (Å²) >= 11 is 0. The molecule has 0 rings (SSSR count). The normalized spacial score (nSPS) is 11.5. The molecule has 0 aliphatic rings. The van der Waals surface area contributed by atoms with Crippen LogP contribution in [0.5, 0.6) is 0 Å². The Bertz CT molecular complexity index is 319. The number of carboxylic acids is 1. The predicted octanol–water partition coefficient (Wildman–Crippen LogP) is 1.61. The van der Waals surface area contributed by atoms with Crippen molar-refractivity contribution in [2.24, 2.45) is 0 Å². The second kappa shape index (κ2) is 8.79. The molecule has 0 aromatic rings. The van der Waals surface area contributed by atoms with E-state index >= 15 is 0 Å². The molecule has 0 spiro atoms. The number of likely N-dealkylation sites (N-methyl/N-ethyl adjacent to an activating group) is 2. The Balaban J connectivity index is 4.41. The van der Waals surface area contributed by atoms with Gasteiger partial charge in [-0.3, -0.25) is 0 Å². The van der Waals surface area contributed by atoms with Gasteiger partial charge in [-0.05, 0) is 40.3 Å². The standard InChI is InChI=1S/C14H29N3O3/c1-6-10-16(7-2)11-9-15-13(20)17(8-3)14(4,5)12(18)19/h6-11H2,1-5H3,(H,15,20)(H,18,19). The minimum atomic E-state index is -1.20. The smallest absolute Gasteiger partial charge is 0.329 e. The molecule has 2 N–H and O–H groups in total. The molecule has 2 amide bonds. The van der Waals surface area contributed by atoms with Crippen molar-refractivity contribution in [3.8, 4) is 0 Å². The fourth-order valence-electron chi connectivity index (χ4n) is 2.07. The van der Waals surface area contributed by atoms with Gasteiger partial charge in [0.2, 0.25) is 0 Å². The summed E-state index contributed by atoms with van der Waals surface area (Å²) in [5.74, 6) is -1.00. The topological polar surface area (TPSA) is 72.9 Å². The summed E-state index contributed by atoms with van der Waals surface area (Å²) in [5.41, 5.74) is -1.20. The van der Waals surface area contributed by atoms with E-state index in [1.54, 1.807) is 6.92 Å². The number of carbonyl (C=O) groups excluding carboxylic acids is 1. The molecule has 0 bridgehead atoms. The first-order valence-corrected chi connectivity index (χ1v) is 7.32. The van der Waals surface area contributed by atoms with Gasteiger partial charge in [-0.1, -0.05) is 13.8 Å². The summed E-state index contributed by atoms with van der Waals surface area (Å²) < 4.78 is 0. The first-order chi connectivity index (χ1) is 9.31. The van der Waals surface area contributed by atoms with Gasteiger partial charge < -0.3 is 20.2 Å². The Morgan fingerprint density at radius 1 is 1.10 bits per heavy atom. The van der Waals surface area contributed by atoms with Gasteiger partial charge >= 0.3 is 12.0 Å². The highest BCUT2D eigenvalue weighted by Crippen LogP contribution is 2.14. The van der Waals surface area contributed by atoms with Crippen LogP contribution in [0.15, 0.2) is 0 Å². The monoisotopic (exact) mass is 287 g/mol. The molecule has 0 saturated heterocycles. The van der Waals surface area contributed by atoms with Crippen molar-refractivity contribution in [1.82, 2.24) is 15.1 Å². The molecule has 0 unspecified atom stereocenters. The van der Waals surface area contributed by atoms with Crippen LogP contribution in [0.1, 0.15) is 41.0 Å². The van der Waals surface area contributed by atoms with Crippen LogP contribution < -0.4 is 5.32 Å². The van der Waals surface area contributed by atoms with Gasteiger partial charge in [0, 0.05) is 19.6 Å². The Morgan fingerprint density at radius 2 is 1.70 bits per heavy atom. The van der Waals surface area contributed by atoms with E-state index in [-0.39, 0.29) is 6.03 Å². The van der Waals surface area contributed by atoms with E-state index in [1.807, 2.05) is 0 Å². The van der Waals surface area contributed by atoms with Crippen molar-refractivity contribution in [2.45, 2.75) is 46.6 Å². The molecule has 0 atom stereocenters. The highest BCUT2D eigenvalue weighted by molar-refractivity contribution is 5.85. The van der Waals surface area contributed by atoms with Crippen LogP contribution >= 0.6 is 0 Å². The number of amides is 2. The Labute approximate surface area is 122 Å². The Hall–Kier alpha value is -1.30. The summed E-state index contributed by atoms with van der Waals surface area (Å²) in [6, 6.07) is -0.326. The number of nitrogens with one attached hydrogen (secondary N) is 1. The first-order valence-electron chi connectivity index (χ1n) is 7.32. The molecule has 0 aromatic carbocycles. The van der Waals surface area contributed by atoms with Crippen molar-refractivity contribution in [1.29, 1.82) is 0 Å². The van der Waals surface area contributed by atoms with Gasteiger partial charge in [-0.15, -0.1) is 0 Å². The number of nitrogens with zero attached hydrogens (tertiary/aromatic N) is 2. The lowest BCUT2D eigenvalue weighted by Crippen LogP contribution is -2.56. The fraction of sp³-hybridized carbons (Fsp3) is 0.857. The summed E-state index contributed by atoms with van der Waals surface area (Å²) in [6.45, 7) is 12.7. The maximum Gasteiger partial charge on any atom is 0.329 e. The number of aliphatic carboxylic acids is 1. The van der Waals surface area contributed by atoms with Gasteiger partial charge in [-0.2, -0.15) is 0 Å². The van der Waals surface area contributed by atoms with Gasteiger partial charge in [-0.25, -0.2) is 9.59 Å². The minimum absolute atomic E-state index is 0.326. The molecule has 118 valence electrons. The second-order valence-corrected chi connectivity index (χ2v) is 5.27. The van der Waals surface area contributed by atoms with Gasteiger partial charge in [0.1, 0.15) is 5.54 Å². The van der Waals surface area contributed by atoms with E-state index in [0.29, 0.717) is 13.1 Å². The van der Waals surface area contributed by atoms with E-state index in [0.717, 1.165) is 26.1 Å². The van der Waals surface area contributed by atoms with Crippen LogP contribution in [0.4, 0.5) is 4.79 Å². The molecule has 0 heterocycles. The highest BCUT2D eigenvalue weighted by atomic mass is 16.4. The van der Waals surface area contributed by atoms with Gasteiger partial charge in [0.25, 0.3) is 0 Å². The third kappa shape index (κ3) is 5.36. The molecular weight excluding hydrogens is 258 g/mol. The van der Waals surface area contributed by atoms with E-state index in [1.165, 1.54) is 18.7 Å². The lowest BCUT2D eigenvalue weighted by molar-refractivity contribution is -0.147. The van der Waals surface area contributed by atoms with Crippen molar-refractivity contribution in [3.05, 3.63) is 0 Å². The summed E-state index contributed by atoms with van der Waals surface area (Å²) in [5, 5.41) is 12.0. The minimum Gasteiger partial charge on any atom is -0.480 e. The molecule has 0 aromatic heterocycles. The van der Waals surface area contributed by atoms with Crippen LogP contribution in [-0.2, 0) is 4.79 Å². The average molecular weight is 287 g/mol. The number of urea groups is 1. The largest absolute Gasteiger partial charge is 0.480 e. The molecular formula is C14H29N3O3. The molecule has 6 nitrogen and oxygen atoms in total. The van der Waals surface area contributed by atoms with E-state index in [9.17, 15) is 14.7 Å². The summed E-state index contributed by atoms with van der Waals surface area (Å²) in [6.07, 6.45) is 1.08. The highest BCUT2D eigenvalue weighted by Gasteiger charge is 2.36. The average Bonchev–Trinajstić information content (AvgIpc) is 2.37. The van der Waals surface area contributed by atoms with Crippen molar-refractivity contribution in [2.75, 3.05) is 32.7 Å². The first kappa shape index (κ1) is 18.7. The maximum absolute atomic E-state index is 12.1. The number of rotatable bonds is 9. The molecule has 0 saturated carbocycles. The summed E-state index contributed by atoms with van der Waals surface area (Å²) in [7, 11) is 0. The second-order valence-electron chi connectivity index (χ2n) is 5.27.